The van der Waals surface area contributed by atoms with Crippen molar-refractivity contribution in [1.29, 1.82) is 0 Å². The van der Waals surface area contributed by atoms with E-state index in [0.717, 1.165) is 32.0 Å². The lowest BCUT2D eigenvalue weighted by atomic mass is 9.86. The molecule has 0 unspecified atom stereocenters. The van der Waals surface area contributed by atoms with Gasteiger partial charge in [-0.1, -0.05) is 0 Å². The third kappa shape index (κ3) is 2.10. The van der Waals surface area contributed by atoms with E-state index in [1.165, 1.54) is 0 Å². The molecule has 0 bridgehead atoms. The smallest absolute Gasteiger partial charge is 0.120 e. The first kappa shape index (κ1) is 7.73. The second kappa shape index (κ2) is 3.71. The van der Waals surface area contributed by atoms with E-state index in [9.17, 15) is 4.79 Å². The van der Waals surface area contributed by atoms with Crippen LogP contribution >= 0.6 is 0 Å². The average molecular weight is 141 g/mol. The van der Waals surface area contributed by atoms with Crippen LogP contribution in [0.25, 0.3) is 0 Å². The lowest BCUT2D eigenvalue weighted by molar-refractivity contribution is -0.108. The second-order valence-electron chi connectivity index (χ2n) is 2.91. The zero-order valence-electron chi connectivity index (χ0n) is 6.05. The Bertz CT molecular complexity index is 104. The largest absolute Gasteiger partial charge is 0.387 e. The minimum atomic E-state index is 0.536. The molecule has 0 aliphatic heterocycles. The van der Waals surface area contributed by atoms with Crippen LogP contribution in [0.2, 0.25) is 0 Å². The molecule has 0 heterocycles. The summed E-state index contributed by atoms with van der Waals surface area (Å²) in [4.78, 5) is 10.1. The van der Waals surface area contributed by atoms with E-state index in [-0.39, 0.29) is 0 Å². The number of hydrogen-bond donors (Lipinski definition) is 1. The molecule has 1 aliphatic rings. The van der Waals surface area contributed by atoms with Gasteiger partial charge in [-0.3, -0.25) is 0 Å². The van der Waals surface area contributed by atoms with Crippen LogP contribution in [0.15, 0.2) is 0 Å². The molecule has 0 aromatic heterocycles. The summed E-state index contributed by atoms with van der Waals surface area (Å²) in [6, 6.07) is 0. The van der Waals surface area contributed by atoms with Crippen molar-refractivity contribution in [3.63, 3.8) is 0 Å². The van der Waals surface area contributed by atoms with Crippen LogP contribution in [0.4, 0.5) is 0 Å². The number of hydrogen-bond acceptors (Lipinski definition) is 2. The van der Waals surface area contributed by atoms with E-state index in [1.54, 1.807) is 0 Å². The minimum Gasteiger partial charge on any atom is -0.387 e. The van der Waals surface area contributed by atoms with Crippen molar-refractivity contribution >= 4 is 6.29 Å². The molecule has 1 fully saturated rings. The molecule has 1 radical (unpaired) electrons. The van der Waals surface area contributed by atoms with Gasteiger partial charge in [-0.05, 0) is 31.6 Å². The van der Waals surface area contributed by atoms with Crippen molar-refractivity contribution in [3.05, 3.63) is 6.10 Å². The molecule has 0 amide bonds. The number of aliphatic hydroxyl groups excluding tert-OH is 1. The maximum atomic E-state index is 10.1. The van der Waals surface area contributed by atoms with Gasteiger partial charge in [0.2, 0.25) is 0 Å². The standard InChI is InChI=1S/C8H13O2/c9-6-5-7-1-3-8(10)4-2-7/h6-7,10H,1-5H2. The number of aliphatic hydroxyl groups is 1. The first-order valence-electron chi connectivity index (χ1n) is 3.80. The molecular formula is C8H13O2. The highest BCUT2D eigenvalue weighted by molar-refractivity contribution is 5.49. The number of carbonyl (C=O) groups is 1. The summed E-state index contributed by atoms with van der Waals surface area (Å²) in [6.45, 7) is 0. The van der Waals surface area contributed by atoms with Crippen LogP contribution in [-0.2, 0) is 4.79 Å². The summed E-state index contributed by atoms with van der Waals surface area (Å²) in [5.41, 5.74) is 0. The SMILES string of the molecule is O=CCC1CC[C](O)CC1. The van der Waals surface area contributed by atoms with Crippen LogP contribution in [-0.4, -0.2) is 11.4 Å². The van der Waals surface area contributed by atoms with Crippen LogP contribution in [0.5, 0.6) is 0 Å². The molecule has 0 atom stereocenters. The molecule has 10 heavy (non-hydrogen) atoms. The number of aldehydes is 1. The van der Waals surface area contributed by atoms with E-state index >= 15 is 0 Å². The van der Waals surface area contributed by atoms with Gasteiger partial charge in [0.05, 0.1) is 6.10 Å². The molecule has 1 aliphatic carbocycles. The summed E-state index contributed by atoms with van der Waals surface area (Å²) >= 11 is 0. The van der Waals surface area contributed by atoms with Crippen LogP contribution < -0.4 is 0 Å². The Morgan fingerprint density at radius 2 is 2.10 bits per heavy atom. The van der Waals surface area contributed by atoms with Crippen molar-refractivity contribution in [3.8, 4) is 0 Å². The highest BCUT2D eigenvalue weighted by Gasteiger charge is 2.18. The molecule has 2 heteroatoms. The van der Waals surface area contributed by atoms with Gasteiger partial charge in [0.1, 0.15) is 6.29 Å². The van der Waals surface area contributed by atoms with Crippen molar-refractivity contribution in [2.75, 3.05) is 0 Å². The molecule has 0 spiro atoms. The maximum absolute atomic E-state index is 10.1. The molecule has 1 saturated carbocycles. The molecule has 0 saturated heterocycles. The van der Waals surface area contributed by atoms with Crippen molar-refractivity contribution in [2.45, 2.75) is 32.1 Å². The van der Waals surface area contributed by atoms with Crippen molar-refractivity contribution in [2.24, 2.45) is 5.92 Å². The van der Waals surface area contributed by atoms with Crippen LogP contribution in [0.3, 0.4) is 0 Å². The zero-order chi connectivity index (χ0) is 7.40. The van der Waals surface area contributed by atoms with Crippen LogP contribution in [0, 0.1) is 12.0 Å². The van der Waals surface area contributed by atoms with Crippen molar-refractivity contribution in [1.82, 2.24) is 0 Å². The van der Waals surface area contributed by atoms with Gasteiger partial charge in [-0.25, -0.2) is 0 Å². The van der Waals surface area contributed by atoms with Gasteiger partial charge in [0.25, 0.3) is 0 Å². The monoisotopic (exact) mass is 141 g/mol. The molecule has 0 aromatic rings. The fraction of sp³-hybridized carbons (Fsp3) is 0.750. The number of carbonyl (C=O) groups excluding carboxylic acids is 1. The van der Waals surface area contributed by atoms with Crippen LogP contribution in [0.1, 0.15) is 32.1 Å². The quantitative estimate of drug-likeness (QED) is 0.594. The normalized spacial score (nSPS) is 22.9. The zero-order valence-corrected chi connectivity index (χ0v) is 6.05. The molecular weight excluding hydrogens is 128 g/mol. The Hall–Kier alpha value is -0.370. The predicted molar refractivity (Wildman–Crippen MR) is 37.8 cm³/mol. The summed E-state index contributed by atoms with van der Waals surface area (Å²) in [7, 11) is 0. The summed E-state index contributed by atoms with van der Waals surface area (Å²) in [6.07, 6.45) is 5.86. The fourth-order valence-electron chi connectivity index (χ4n) is 1.38. The highest BCUT2D eigenvalue weighted by Crippen LogP contribution is 2.29. The number of rotatable bonds is 2. The Morgan fingerprint density at radius 3 is 2.60 bits per heavy atom. The Balaban J connectivity index is 2.19. The predicted octanol–water partition coefficient (Wildman–Crippen LogP) is 1.67. The molecule has 0 aromatic carbocycles. The lowest BCUT2D eigenvalue weighted by Gasteiger charge is -2.22. The lowest BCUT2D eigenvalue weighted by Crippen LogP contribution is -2.12. The maximum Gasteiger partial charge on any atom is 0.120 e. The third-order valence-corrected chi connectivity index (χ3v) is 2.11. The Morgan fingerprint density at radius 1 is 1.50 bits per heavy atom. The summed E-state index contributed by atoms with van der Waals surface area (Å²) < 4.78 is 0. The van der Waals surface area contributed by atoms with E-state index in [1.807, 2.05) is 0 Å². The van der Waals surface area contributed by atoms with Gasteiger partial charge in [0, 0.05) is 6.42 Å². The Kier molecular flexibility index (Phi) is 2.87. The second-order valence-corrected chi connectivity index (χ2v) is 2.91. The van der Waals surface area contributed by atoms with E-state index < -0.39 is 0 Å². The Labute approximate surface area is 61.2 Å². The minimum absolute atomic E-state index is 0.536. The molecule has 2 nitrogen and oxygen atoms in total. The van der Waals surface area contributed by atoms with Gasteiger partial charge in [0.15, 0.2) is 0 Å². The molecule has 1 rings (SSSR count). The highest BCUT2D eigenvalue weighted by atomic mass is 16.3. The molecule has 57 valence electrons. The molecule has 1 N–H and O–H groups in total. The fourth-order valence-corrected chi connectivity index (χ4v) is 1.38. The summed E-state index contributed by atoms with van der Waals surface area (Å²) in [5, 5.41) is 9.02. The van der Waals surface area contributed by atoms with E-state index in [0.29, 0.717) is 18.4 Å². The van der Waals surface area contributed by atoms with E-state index in [2.05, 4.69) is 0 Å². The summed E-state index contributed by atoms with van der Waals surface area (Å²) in [5.74, 6) is 0.536. The first-order valence-corrected chi connectivity index (χ1v) is 3.80. The van der Waals surface area contributed by atoms with Gasteiger partial charge in [-0.15, -0.1) is 0 Å². The van der Waals surface area contributed by atoms with Gasteiger partial charge in [-0.2, -0.15) is 0 Å². The van der Waals surface area contributed by atoms with Gasteiger partial charge < -0.3 is 9.90 Å². The third-order valence-electron chi connectivity index (χ3n) is 2.11. The average Bonchev–Trinajstić information content (AvgIpc) is 1.95. The topological polar surface area (TPSA) is 37.3 Å². The van der Waals surface area contributed by atoms with Crippen molar-refractivity contribution < 1.29 is 9.90 Å². The van der Waals surface area contributed by atoms with Gasteiger partial charge >= 0.3 is 0 Å². The first-order chi connectivity index (χ1) is 4.83. The van der Waals surface area contributed by atoms with E-state index in [4.69, 9.17) is 5.11 Å².